The SMILES string of the molecule is CCN(CC)C1CCc2c(c(C(=O)N3CCCC3)nn2CC)C1. The molecular weight excluding hydrogens is 288 g/mol. The van der Waals surface area contributed by atoms with Crippen LogP contribution in [0.2, 0.25) is 0 Å². The number of hydrogen-bond donors (Lipinski definition) is 0. The maximum Gasteiger partial charge on any atom is 0.274 e. The Morgan fingerprint density at radius 3 is 2.52 bits per heavy atom. The minimum atomic E-state index is 0.158. The van der Waals surface area contributed by atoms with Crippen molar-refractivity contribution < 1.29 is 4.79 Å². The number of fused-ring (bicyclic) bond motifs is 1. The minimum absolute atomic E-state index is 0.158. The van der Waals surface area contributed by atoms with Crippen molar-refractivity contribution in [2.24, 2.45) is 0 Å². The van der Waals surface area contributed by atoms with Crippen LogP contribution in [0.25, 0.3) is 0 Å². The molecule has 0 aromatic carbocycles. The number of aromatic nitrogens is 2. The number of rotatable bonds is 5. The van der Waals surface area contributed by atoms with Crippen molar-refractivity contribution in [1.29, 1.82) is 0 Å². The van der Waals surface area contributed by atoms with Gasteiger partial charge in [0.05, 0.1) is 0 Å². The van der Waals surface area contributed by atoms with Gasteiger partial charge in [0.1, 0.15) is 0 Å². The molecule has 2 heterocycles. The second-order valence-corrected chi connectivity index (χ2v) is 6.71. The number of likely N-dealkylation sites (N-methyl/N-ethyl adjacent to an activating group) is 1. The third-order valence-corrected chi connectivity index (χ3v) is 5.54. The lowest BCUT2D eigenvalue weighted by Gasteiger charge is -2.33. The molecule has 1 aromatic rings. The monoisotopic (exact) mass is 318 g/mol. The third kappa shape index (κ3) is 3.03. The molecule has 1 amide bonds. The molecule has 23 heavy (non-hydrogen) atoms. The third-order valence-electron chi connectivity index (χ3n) is 5.54. The molecule has 1 aliphatic carbocycles. The van der Waals surface area contributed by atoms with E-state index in [-0.39, 0.29) is 5.91 Å². The zero-order valence-corrected chi connectivity index (χ0v) is 14.8. The highest BCUT2D eigenvalue weighted by molar-refractivity contribution is 5.94. The van der Waals surface area contributed by atoms with E-state index in [0.29, 0.717) is 6.04 Å². The molecule has 1 aliphatic heterocycles. The van der Waals surface area contributed by atoms with E-state index in [1.807, 2.05) is 4.90 Å². The molecule has 0 radical (unpaired) electrons. The van der Waals surface area contributed by atoms with Crippen LogP contribution in [0.5, 0.6) is 0 Å². The maximum atomic E-state index is 12.9. The van der Waals surface area contributed by atoms with Crippen LogP contribution < -0.4 is 0 Å². The number of aryl methyl sites for hydroxylation is 1. The number of carbonyl (C=O) groups is 1. The summed E-state index contributed by atoms with van der Waals surface area (Å²) in [4.78, 5) is 17.4. The first kappa shape index (κ1) is 16.5. The predicted molar refractivity (Wildman–Crippen MR) is 91.8 cm³/mol. The molecule has 128 valence electrons. The van der Waals surface area contributed by atoms with Gasteiger partial charge < -0.3 is 9.80 Å². The summed E-state index contributed by atoms with van der Waals surface area (Å²) in [5.41, 5.74) is 3.27. The van der Waals surface area contributed by atoms with Crippen molar-refractivity contribution in [3.63, 3.8) is 0 Å². The lowest BCUT2D eigenvalue weighted by atomic mass is 9.90. The van der Waals surface area contributed by atoms with Crippen molar-refractivity contribution in [2.45, 2.75) is 65.5 Å². The molecule has 0 N–H and O–H groups in total. The molecule has 5 heteroatoms. The quantitative estimate of drug-likeness (QED) is 0.837. The van der Waals surface area contributed by atoms with E-state index >= 15 is 0 Å². The van der Waals surface area contributed by atoms with Crippen LogP contribution in [0.15, 0.2) is 0 Å². The van der Waals surface area contributed by atoms with E-state index in [1.54, 1.807) is 0 Å². The minimum Gasteiger partial charge on any atom is -0.337 e. The standard InChI is InChI=1S/C18H30N4O/c1-4-20(5-2)14-9-10-16-15(13-14)17(19-22(16)6-3)18(23)21-11-7-8-12-21/h14H,4-13H2,1-3H3. The smallest absolute Gasteiger partial charge is 0.274 e. The van der Waals surface area contributed by atoms with Crippen molar-refractivity contribution >= 4 is 5.91 Å². The first-order chi connectivity index (χ1) is 11.2. The molecule has 0 spiro atoms. The van der Waals surface area contributed by atoms with Gasteiger partial charge in [0, 0.05) is 36.9 Å². The van der Waals surface area contributed by atoms with E-state index in [0.717, 1.165) is 64.1 Å². The van der Waals surface area contributed by atoms with Gasteiger partial charge in [-0.1, -0.05) is 13.8 Å². The largest absolute Gasteiger partial charge is 0.337 e. The molecule has 5 nitrogen and oxygen atoms in total. The van der Waals surface area contributed by atoms with Gasteiger partial charge in [-0.2, -0.15) is 5.10 Å². The average molecular weight is 318 g/mol. The highest BCUT2D eigenvalue weighted by atomic mass is 16.2. The number of amides is 1. The van der Waals surface area contributed by atoms with Gasteiger partial charge in [0.15, 0.2) is 5.69 Å². The van der Waals surface area contributed by atoms with Gasteiger partial charge in [-0.3, -0.25) is 9.48 Å². The summed E-state index contributed by atoms with van der Waals surface area (Å²) in [7, 11) is 0. The molecule has 1 unspecified atom stereocenters. The van der Waals surface area contributed by atoms with Gasteiger partial charge in [-0.05, 0) is 52.1 Å². The second kappa shape index (κ2) is 7.04. The molecule has 1 atom stereocenters. The summed E-state index contributed by atoms with van der Waals surface area (Å²) in [5.74, 6) is 0.158. The molecule has 1 aromatic heterocycles. The van der Waals surface area contributed by atoms with Gasteiger partial charge in [-0.15, -0.1) is 0 Å². The van der Waals surface area contributed by atoms with Gasteiger partial charge in [-0.25, -0.2) is 0 Å². The highest BCUT2D eigenvalue weighted by Crippen LogP contribution is 2.29. The van der Waals surface area contributed by atoms with E-state index in [2.05, 4.69) is 30.4 Å². The molecule has 3 rings (SSSR count). The molecule has 0 bridgehead atoms. The van der Waals surface area contributed by atoms with Crippen LogP contribution in [-0.2, 0) is 19.4 Å². The van der Waals surface area contributed by atoms with E-state index in [4.69, 9.17) is 5.10 Å². The lowest BCUT2D eigenvalue weighted by Crippen LogP contribution is -2.39. The summed E-state index contributed by atoms with van der Waals surface area (Å²) in [6.07, 6.45) is 5.46. The Morgan fingerprint density at radius 2 is 1.91 bits per heavy atom. The normalized spacial score (nSPS) is 21.0. The molecule has 1 saturated heterocycles. The Labute approximate surface area is 139 Å². The van der Waals surface area contributed by atoms with Crippen LogP contribution in [-0.4, -0.2) is 57.7 Å². The second-order valence-electron chi connectivity index (χ2n) is 6.71. The Hall–Kier alpha value is -1.36. The molecule has 2 aliphatic rings. The summed E-state index contributed by atoms with van der Waals surface area (Å²) < 4.78 is 2.07. The number of hydrogen-bond acceptors (Lipinski definition) is 3. The molecule has 0 saturated carbocycles. The van der Waals surface area contributed by atoms with E-state index in [1.165, 1.54) is 17.7 Å². The van der Waals surface area contributed by atoms with Crippen molar-refractivity contribution in [2.75, 3.05) is 26.2 Å². The lowest BCUT2D eigenvalue weighted by molar-refractivity contribution is 0.0784. The van der Waals surface area contributed by atoms with Crippen molar-refractivity contribution in [1.82, 2.24) is 19.6 Å². The Bertz CT molecular complexity index is 556. The molecular formula is C18H30N4O. The highest BCUT2D eigenvalue weighted by Gasteiger charge is 2.32. The average Bonchev–Trinajstić information content (AvgIpc) is 3.23. The Morgan fingerprint density at radius 1 is 1.22 bits per heavy atom. The van der Waals surface area contributed by atoms with Crippen LogP contribution >= 0.6 is 0 Å². The molecule has 1 fully saturated rings. The van der Waals surface area contributed by atoms with Crippen molar-refractivity contribution in [3.05, 3.63) is 17.0 Å². The van der Waals surface area contributed by atoms with E-state index in [9.17, 15) is 4.79 Å². The zero-order valence-electron chi connectivity index (χ0n) is 14.8. The van der Waals surface area contributed by atoms with Crippen LogP contribution in [0, 0.1) is 0 Å². The Balaban J connectivity index is 1.90. The fraction of sp³-hybridized carbons (Fsp3) is 0.778. The summed E-state index contributed by atoms with van der Waals surface area (Å²) in [6.45, 7) is 11.4. The first-order valence-corrected chi connectivity index (χ1v) is 9.31. The van der Waals surface area contributed by atoms with Gasteiger partial charge >= 0.3 is 0 Å². The topological polar surface area (TPSA) is 41.4 Å². The summed E-state index contributed by atoms with van der Waals surface area (Å²) in [6, 6.07) is 0.553. The Kier molecular flexibility index (Phi) is 5.05. The predicted octanol–water partition coefficient (Wildman–Crippen LogP) is 2.34. The summed E-state index contributed by atoms with van der Waals surface area (Å²) in [5, 5.41) is 4.71. The van der Waals surface area contributed by atoms with E-state index < -0.39 is 0 Å². The number of carbonyl (C=O) groups excluding carboxylic acids is 1. The van der Waals surface area contributed by atoms with Crippen LogP contribution in [0.4, 0.5) is 0 Å². The van der Waals surface area contributed by atoms with Gasteiger partial charge in [0.2, 0.25) is 0 Å². The number of likely N-dealkylation sites (tertiary alicyclic amines) is 1. The first-order valence-electron chi connectivity index (χ1n) is 9.31. The fourth-order valence-corrected chi connectivity index (χ4v) is 4.22. The number of nitrogens with zero attached hydrogens (tertiary/aromatic N) is 4. The van der Waals surface area contributed by atoms with Crippen LogP contribution in [0.3, 0.4) is 0 Å². The van der Waals surface area contributed by atoms with Crippen LogP contribution in [0.1, 0.15) is 61.8 Å². The summed E-state index contributed by atoms with van der Waals surface area (Å²) >= 11 is 0. The fourth-order valence-electron chi connectivity index (χ4n) is 4.22. The zero-order chi connectivity index (χ0) is 16.4. The van der Waals surface area contributed by atoms with Crippen molar-refractivity contribution in [3.8, 4) is 0 Å². The van der Waals surface area contributed by atoms with Gasteiger partial charge in [0.25, 0.3) is 5.91 Å². The maximum absolute atomic E-state index is 12.9.